The van der Waals surface area contributed by atoms with Gasteiger partial charge in [-0.05, 0) is 81.0 Å². The Bertz CT molecular complexity index is 619. The highest BCUT2D eigenvalue weighted by Gasteiger charge is 2.38. The van der Waals surface area contributed by atoms with Crippen LogP contribution in [0.3, 0.4) is 0 Å². The summed E-state index contributed by atoms with van der Waals surface area (Å²) in [5, 5.41) is 8.82. The van der Waals surface area contributed by atoms with E-state index in [4.69, 9.17) is 14.7 Å². The number of carbonyl (C=O) groups excluding carboxylic acids is 1. The molecule has 2 fully saturated rings. The van der Waals surface area contributed by atoms with Crippen LogP contribution in [0.2, 0.25) is 0 Å². The van der Waals surface area contributed by atoms with Crippen molar-refractivity contribution in [2.24, 2.45) is 17.8 Å². The maximum Gasteiger partial charge on any atom is 0.314 e. The summed E-state index contributed by atoms with van der Waals surface area (Å²) < 4.78 is 11.5. The quantitative estimate of drug-likeness (QED) is 0.585. The Morgan fingerprint density at radius 1 is 1.12 bits per heavy atom. The van der Waals surface area contributed by atoms with E-state index in [0.29, 0.717) is 29.3 Å². The van der Waals surface area contributed by atoms with Crippen molar-refractivity contribution < 1.29 is 14.3 Å². The fourth-order valence-electron chi connectivity index (χ4n) is 4.29. The Labute approximate surface area is 150 Å². The Morgan fingerprint density at radius 3 is 2.56 bits per heavy atom. The molecule has 0 spiro atoms. The number of nitriles is 1. The molecule has 0 saturated heterocycles. The van der Waals surface area contributed by atoms with E-state index in [1.54, 1.807) is 24.3 Å². The van der Waals surface area contributed by atoms with Crippen LogP contribution in [0.5, 0.6) is 5.75 Å². The van der Waals surface area contributed by atoms with E-state index in [9.17, 15) is 4.79 Å². The summed E-state index contributed by atoms with van der Waals surface area (Å²) in [5.41, 5.74) is 0.572. The molecule has 0 heterocycles. The van der Waals surface area contributed by atoms with Gasteiger partial charge in [-0.3, -0.25) is 4.79 Å². The lowest BCUT2D eigenvalue weighted by atomic mass is 9.67. The number of carbonyl (C=O) groups is 1. The molecule has 0 radical (unpaired) electrons. The fourth-order valence-corrected chi connectivity index (χ4v) is 4.29. The first-order chi connectivity index (χ1) is 12.2. The van der Waals surface area contributed by atoms with Gasteiger partial charge in [0.15, 0.2) is 0 Å². The number of fused-ring (bicyclic) bond motifs is 1. The number of esters is 1. The van der Waals surface area contributed by atoms with Crippen molar-refractivity contribution in [1.29, 1.82) is 5.26 Å². The van der Waals surface area contributed by atoms with E-state index >= 15 is 0 Å². The summed E-state index contributed by atoms with van der Waals surface area (Å²) in [7, 11) is 0. The molecule has 1 aromatic carbocycles. The molecule has 2 aliphatic rings. The second kappa shape index (κ2) is 8.49. The number of hydrogen-bond donors (Lipinski definition) is 0. The summed E-state index contributed by atoms with van der Waals surface area (Å²) >= 11 is 0. The van der Waals surface area contributed by atoms with E-state index in [2.05, 4.69) is 13.0 Å². The minimum Gasteiger partial charge on any atom is -0.426 e. The Morgan fingerprint density at radius 2 is 1.84 bits per heavy atom. The maximum absolute atomic E-state index is 12.5. The molecule has 2 saturated carbocycles. The Kier molecular flexibility index (Phi) is 6.09. The van der Waals surface area contributed by atoms with Crippen molar-refractivity contribution in [2.45, 2.75) is 58.0 Å². The second-order valence-electron chi connectivity index (χ2n) is 7.39. The number of rotatable bonds is 5. The van der Waals surface area contributed by atoms with Crippen LogP contribution in [0.1, 0.15) is 57.4 Å². The van der Waals surface area contributed by atoms with Crippen LogP contribution in [0, 0.1) is 29.1 Å². The molecule has 4 nitrogen and oxygen atoms in total. The van der Waals surface area contributed by atoms with Crippen molar-refractivity contribution in [3.05, 3.63) is 29.8 Å². The topological polar surface area (TPSA) is 59.3 Å². The monoisotopic (exact) mass is 341 g/mol. The SMILES string of the molecule is CCCOC1CCC2CC(C(=O)Oc3ccc(C#N)cc3)CCC2C1. The normalized spacial score (nSPS) is 28.6. The summed E-state index contributed by atoms with van der Waals surface area (Å²) in [6.45, 7) is 3.01. The van der Waals surface area contributed by atoms with Crippen LogP contribution in [0.25, 0.3) is 0 Å². The summed E-state index contributed by atoms with van der Waals surface area (Å²) in [6.07, 6.45) is 7.90. The second-order valence-corrected chi connectivity index (χ2v) is 7.39. The summed E-state index contributed by atoms with van der Waals surface area (Å²) in [6, 6.07) is 8.81. The standard InChI is InChI=1S/C21H27NO3/c1-2-11-24-20-10-7-16-12-18(6-5-17(16)13-20)21(23)25-19-8-3-15(14-22)4-9-19/h3-4,8-9,16-18,20H,2,5-7,10-13H2,1H3. The predicted molar refractivity (Wildman–Crippen MR) is 95.0 cm³/mol. The van der Waals surface area contributed by atoms with Gasteiger partial charge in [-0.2, -0.15) is 5.26 Å². The number of nitrogens with zero attached hydrogens (tertiary/aromatic N) is 1. The molecule has 0 bridgehead atoms. The van der Waals surface area contributed by atoms with Crippen molar-refractivity contribution in [2.75, 3.05) is 6.61 Å². The van der Waals surface area contributed by atoms with Crippen molar-refractivity contribution in [3.63, 3.8) is 0 Å². The predicted octanol–water partition coefficient (Wildman–Crippen LogP) is 4.48. The van der Waals surface area contributed by atoms with E-state index in [1.165, 1.54) is 6.42 Å². The van der Waals surface area contributed by atoms with Gasteiger partial charge in [0.05, 0.1) is 23.7 Å². The first kappa shape index (κ1) is 17.9. The minimum absolute atomic E-state index is 0.00463. The molecule has 0 N–H and O–H groups in total. The highest BCUT2D eigenvalue weighted by atomic mass is 16.5. The summed E-state index contributed by atoms with van der Waals surface area (Å²) in [5.74, 6) is 1.75. The lowest BCUT2D eigenvalue weighted by molar-refractivity contribution is -0.141. The van der Waals surface area contributed by atoms with Gasteiger partial charge in [0.2, 0.25) is 0 Å². The highest BCUT2D eigenvalue weighted by molar-refractivity contribution is 5.75. The van der Waals surface area contributed by atoms with Crippen molar-refractivity contribution >= 4 is 5.97 Å². The zero-order valence-electron chi connectivity index (χ0n) is 14.9. The lowest BCUT2D eigenvalue weighted by Crippen LogP contribution is -2.37. The van der Waals surface area contributed by atoms with Crippen molar-refractivity contribution in [3.8, 4) is 11.8 Å². The van der Waals surface area contributed by atoms with E-state index in [0.717, 1.165) is 45.1 Å². The summed E-state index contributed by atoms with van der Waals surface area (Å²) in [4.78, 5) is 12.5. The highest BCUT2D eigenvalue weighted by Crippen LogP contribution is 2.43. The van der Waals surface area contributed by atoms with Crippen LogP contribution in [-0.2, 0) is 9.53 Å². The molecule has 2 aliphatic carbocycles. The number of hydrogen-bond acceptors (Lipinski definition) is 4. The fraction of sp³-hybridized carbons (Fsp3) is 0.619. The molecule has 134 valence electrons. The van der Waals surface area contributed by atoms with E-state index in [-0.39, 0.29) is 11.9 Å². The van der Waals surface area contributed by atoms with Crippen LogP contribution in [-0.4, -0.2) is 18.7 Å². The van der Waals surface area contributed by atoms with Gasteiger partial charge >= 0.3 is 5.97 Å². The third-order valence-electron chi connectivity index (χ3n) is 5.66. The largest absolute Gasteiger partial charge is 0.426 e. The maximum atomic E-state index is 12.5. The zero-order valence-corrected chi connectivity index (χ0v) is 14.9. The average Bonchev–Trinajstić information content (AvgIpc) is 2.66. The first-order valence-electron chi connectivity index (χ1n) is 9.53. The van der Waals surface area contributed by atoms with Crippen LogP contribution in [0.15, 0.2) is 24.3 Å². The van der Waals surface area contributed by atoms with Crippen LogP contribution >= 0.6 is 0 Å². The van der Waals surface area contributed by atoms with Gasteiger partial charge in [0.1, 0.15) is 5.75 Å². The first-order valence-corrected chi connectivity index (χ1v) is 9.53. The van der Waals surface area contributed by atoms with Gasteiger partial charge in [0, 0.05) is 6.61 Å². The molecular formula is C21H27NO3. The van der Waals surface area contributed by atoms with Crippen molar-refractivity contribution in [1.82, 2.24) is 0 Å². The minimum atomic E-state index is -0.118. The van der Waals surface area contributed by atoms with Gasteiger partial charge in [-0.15, -0.1) is 0 Å². The molecular weight excluding hydrogens is 314 g/mol. The third-order valence-corrected chi connectivity index (χ3v) is 5.66. The zero-order chi connectivity index (χ0) is 17.6. The molecule has 4 unspecified atom stereocenters. The third kappa shape index (κ3) is 4.61. The molecule has 4 atom stereocenters. The van der Waals surface area contributed by atoms with Crippen LogP contribution in [0.4, 0.5) is 0 Å². The molecule has 0 aliphatic heterocycles. The van der Waals surface area contributed by atoms with E-state index < -0.39 is 0 Å². The number of benzene rings is 1. The number of ether oxygens (including phenoxy) is 2. The molecule has 1 aromatic rings. The smallest absolute Gasteiger partial charge is 0.314 e. The van der Waals surface area contributed by atoms with Gasteiger partial charge in [-0.1, -0.05) is 6.92 Å². The van der Waals surface area contributed by atoms with E-state index in [1.807, 2.05) is 0 Å². The van der Waals surface area contributed by atoms with Crippen LogP contribution < -0.4 is 4.74 Å². The molecule has 3 rings (SSSR count). The molecule has 0 aromatic heterocycles. The molecule has 25 heavy (non-hydrogen) atoms. The van der Waals surface area contributed by atoms with Gasteiger partial charge in [-0.25, -0.2) is 0 Å². The Balaban J connectivity index is 1.50. The molecule has 0 amide bonds. The lowest BCUT2D eigenvalue weighted by Gasteiger charge is -2.41. The average molecular weight is 341 g/mol. The van der Waals surface area contributed by atoms with Gasteiger partial charge < -0.3 is 9.47 Å². The Hall–Kier alpha value is -1.86. The van der Waals surface area contributed by atoms with Gasteiger partial charge in [0.25, 0.3) is 0 Å². The molecule has 4 heteroatoms.